The van der Waals surface area contributed by atoms with E-state index in [0.717, 1.165) is 11.1 Å². The van der Waals surface area contributed by atoms with Crippen molar-refractivity contribution < 1.29 is 24.1 Å². The van der Waals surface area contributed by atoms with Crippen molar-refractivity contribution in [2.75, 3.05) is 27.9 Å². The molecule has 2 rings (SSSR count). The molecule has 0 fully saturated rings. The second-order valence-electron chi connectivity index (χ2n) is 5.50. The van der Waals surface area contributed by atoms with Gasteiger partial charge in [0.25, 0.3) is 0 Å². The smallest absolute Gasteiger partial charge is 0.244 e. The van der Waals surface area contributed by atoms with E-state index in [4.69, 9.17) is 14.2 Å². The molecule has 1 amide bonds. The molecule has 2 aromatic rings. The van der Waals surface area contributed by atoms with E-state index in [2.05, 4.69) is 5.32 Å². The van der Waals surface area contributed by atoms with Gasteiger partial charge in [0.05, 0.1) is 21.3 Å². The molecular weight excluding hydrogens is 334 g/mol. The van der Waals surface area contributed by atoms with Crippen LogP contribution in [0.2, 0.25) is 0 Å². The quantitative estimate of drug-likeness (QED) is 0.711. The Hall–Kier alpha value is -3.15. The van der Waals surface area contributed by atoms with Gasteiger partial charge in [0.1, 0.15) is 5.75 Å². The van der Waals surface area contributed by atoms with Crippen molar-refractivity contribution in [3.63, 3.8) is 0 Å². The van der Waals surface area contributed by atoms with Crippen molar-refractivity contribution in [2.24, 2.45) is 0 Å². The van der Waals surface area contributed by atoms with Gasteiger partial charge in [0, 0.05) is 12.6 Å². The standard InChI is InChI=1S/C20H23NO5/c1-24-17-12-15(13-18(25-2)20(17)26-3)6-9-19(23)21-11-10-14-4-7-16(22)8-5-14/h4-9,12-13,22H,10-11H2,1-3H3,(H,21,23). The number of aromatic hydroxyl groups is 1. The fraction of sp³-hybridized carbons (Fsp3) is 0.250. The van der Waals surface area contributed by atoms with Crippen LogP contribution in [0.1, 0.15) is 11.1 Å². The van der Waals surface area contributed by atoms with E-state index in [0.29, 0.717) is 30.2 Å². The normalized spacial score (nSPS) is 10.6. The first-order chi connectivity index (χ1) is 12.6. The predicted molar refractivity (Wildman–Crippen MR) is 100.0 cm³/mol. The van der Waals surface area contributed by atoms with E-state index in [9.17, 15) is 9.90 Å². The molecule has 0 bridgehead atoms. The van der Waals surface area contributed by atoms with Gasteiger partial charge in [0.15, 0.2) is 11.5 Å². The second kappa shape index (κ2) is 9.36. The molecule has 0 radical (unpaired) electrons. The minimum atomic E-state index is -0.197. The van der Waals surface area contributed by atoms with Gasteiger partial charge in [-0.25, -0.2) is 0 Å². The van der Waals surface area contributed by atoms with E-state index in [1.807, 2.05) is 12.1 Å². The molecule has 0 aliphatic rings. The Labute approximate surface area is 153 Å². The first-order valence-corrected chi connectivity index (χ1v) is 8.11. The maximum absolute atomic E-state index is 12.0. The molecule has 0 aliphatic heterocycles. The van der Waals surface area contributed by atoms with Crippen LogP contribution in [0.4, 0.5) is 0 Å². The second-order valence-corrected chi connectivity index (χ2v) is 5.50. The molecule has 6 nitrogen and oxygen atoms in total. The number of methoxy groups -OCH3 is 3. The first kappa shape index (κ1) is 19.2. The lowest BCUT2D eigenvalue weighted by atomic mass is 10.1. The molecular formula is C20H23NO5. The summed E-state index contributed by atoms with van der Waals surface area (Å²) in [6.45, 7) is 0.503. The fourth-order valence-electron chi connectivity index (χ4n) is 2.42. The minimum absolute atomic E-state index is 0.197. The van der Waals surface area contributed by atoms with Crippen LogP contribution in [-0.2, 0) is 11.2 Å². The lowest BCUT2D eigenvalue weighted by molar-refractivity contribution is -0.116. The van der Waals surface area contributed by atoms with Crippen LogP contribution in [-0.4, -0.2) is 38.9 Å². The third-order valence-electron chi connectivity index (χ3n) is 3.76. The van der Waals surface area contributed by atoms with Crippen LogP contribution in [0.25, 0.3) is 6.08 Å². The zero-order valence-electron chi connectivity index (χ0n) is 15.1. The number of amides is 1. The molecule has 0 unspecified atom stereocenters. The molecule has 0 aromatic heterocycles. The highest BCUT2D eigenvalue weighted by Crippen LogP contribution is 2.38. The van der Waals surface area contributed by atoms with Gasteiger partial charge in [-0.15, -0.1) is 0 Å². The zero-order valence-corrected chi connectivity index (χ0v) is 15.1. The first-order valence-electron chi connectivity index (χ1n) is 8.11. The van der Waals surface area contributed by atoms with Crippen molar-refractivity contribution in [1.82, 2.24) is 5.32 Å². The summed E-state index contributed by atoms with van der Waals surface area (Å²) in [6, 6.07) is 10.4. The average Bonchev–Trinajstić information content (AvgIpc) is 2.66. The summed E-state index contributed by atoms with van der Waals surface area (Å²) in [5, 5.41) is 12.1. The predicted octanol–water partition coefficient (Wildman–Crippen LogP) is 2.79. The molecule has 138 valence electrons. The van der Waals surface area contributed by atoms with Crippen molar-refractivity contribution in [2.45, 2.75) is 6.42 Å². The van der Waals surface area contributed by atoms with Gasteiger partial charge < -0.3 is 24.6 Å². The number of carbonyl (C=O) groups excluding carboxylic acids is 1. The topological polar surface area (TPSA) is 77.0 Å². The lowest BCUT2D eigenvalue weighted by Crippen LogP contribution is -2.23. The minimum Gasteiger partial charge on any atom is -0.508 e. The number of carbonyl (C=O) groups is 1. The molecule has 0 aliphatic carbocycles. The monoisotopic (exact) mass is 357 g/mol. The lowest BCUT2D eigenvalue weighted by Gasteiger charge is -2.12. The molecule has 6 heteroatoms. The number of ether oxygens (including phenoxy) is 3. The van der Waals surface area contributed by atoms with Crippen LogP contribution < -0.4 is 19.5 Å². The molecule has 0 saturated carbocycles. The number of phenols is 1. The van der Waals surface area contributed by atoms with Crippen LogP contribution in [0.3, 0.4) is 0 Å². The number of benzene rings is 2. The van der Waals surface area contributed by atoms with Gasteiger partial charge in [0.2, 0.25) is 11.7 Å². The molecule has 0 saturated heterocycles. The van der Waals surface area contributed by atoms with E-state index < -0.39 is 0 Å². The van der Waals surface area contributed by atoms with E-state index >= 15 is 0 Å². The number of hydrogen-bond acceptors (Lipinski definition) is 5. The molecule has 2 N–H and O–H groups in total. The summed E-state index contributed by atoms with van der Waals surface area (Å²) >= 11 is 0. The van der Waals surface area contributed by atoms with Gasteiger partial charge in [-0.2, -0.15) is 0 Å². The summed E-state index contributed by atoms with van der Waals surface area (Å²) in [6.07, 6.45) is 3.82. The highest BCUT2D eigenvalue weighted by atomic mass is 16.5. The summed E-state index contributed by atoms with van der Waals surface area (Å²) in [7, 11) is 4.62. The Balaban J connectivity index is 1.95. The fourth-order valence-corrected chi connectivity index (χ4v) is 2.42. The molecule has 2 aromatic carbocycles. The molecule has 26 heavy (non-hydrogen) atoms. The molecule has 0 spiro atoms. The van der Waals surface area contributed by atoms with Crippen LogP contribution >= 0.6 is 0 Å². The van der Waals surface area contributed by atoms with Gasteiger partial charge in [-0.1, -0.05) is 12.1 Å². The maximum Gasteiger partial charge on any atom is 0.244 e. The summed E-state index contributed by atoms with van der Waals surface area (Å²) in [4.78, 5) is 12.0. The summed E-state index contributed by atoms with van der Waals surface area (Å²) < 4.78 is 15.9. The SMILES string of the molecule is COc1cc(C=CC(=O)NCCc2ccc(O)cc2)cc(OC)c1OC. The highest BCUT2D eigenvalue weighted by Gasteiger charge is 2.12. The van der Waals surface area contributed by atoms with Crippen molar-refractivity contribution in [1.29, 1.82) is 0 Å². The van der Waals surface area contributed by atoms with Crippen LogP contribution in [0, 0.1) is 0 Å². The Kier molecular flexibility index (Phi) is 6.91. The Morgan fingerprint density at radius 1 is 1.04 bits per heavy atom. The van der Waals surface area contributed by atoms with Crippen LogP contribution in [0.5, 0.6) is 23.0 Å². The summed E-state index contributed by atoms with van der Waals surface area (Å²) in [5.41, 5.74) is 1.80. The third-order valence-corrected chi connectivity index (χ3v) is 3.76. The maximum atomic E-state index is 12.0. The average molecular weight is 357 g/mol. The highest BCUT2D eigenvalue weighted by molar-refractivity contribution is 5.91. The van der Waals surface area contributed by atoms with E-state index in [1.54, 1.807) is 44.6 Å². The largest absolute Gasteiger partial charge is 0.508 e. The Morgan fingerprint density at radius 3 is 2.19 bits per heavy atom. The number of nitrogens with one attached hydrogen (secondary N) is 1. The van der Waals surface area contributed by atoms with E-state index in [-0.39, 0.29) is 11.7 Å². The van der Waals surface area contributed by atoms with Gasteiger partial charge >= 0.3 is 0 Å². The van der Waals surface area contributed by atoms with E-state index in [1.165, 1.54) is 13.2 Å². The molecule has 0 atom stereocenters. The summed E-state index contributed by atoms with van der Waals surface area (Å²) in [5.74, 6) is 1.59. The third kappa shape index (κ3) is 5.17. The Bertz CT molecular complexity index is 743. The zero-order chi connectivity index (χ0) is 18.9. The van der Waals surface area contributed by atoms with Crippen LogP contribution in [0.15, 0.2) is 42.5 Å². The van der Waals surface area contributed by atoms with Gasteiger partial charge in [-0.3, -0.25) is 4.79 Å². The van der Waals surface area contributed by atoms with Crippen molar-refractivity contribution >= 4 is 12.0 Å². The number of rotatable bonds is 8. The van der Waals surface area contributed by atoms with Crippen molar-refractivity contribution in [3.05, 3.63) is 53.6 Å². The van der Waals surface area contributed by atoms with Crippen molar-refractivity contribution in [3.8, 4) is 23.0 Å². The number of phenolic OH excluding ortho intramolecular Hbond substituents is 1. The van der Waals surface area contributed by atoms with Gasteiger partial charge in [-0.05, 0) is 47.9 Å². The number of hydrogen-bond donors (Lipinski definition) is 2. The molecule has 0 heterocycles. The Morgan fingerprint density at radius 2 is 1.65 bits per heavy atom.